The first-order valence-corrected chi connectivity index (χ1v) is 4.21. The number of aromatic nitrogens is 3. The lowest BCUT2D eigenvalue weighted by atomic mass is 10.2. The summed E-state index contributed by atoms with van der Waals surface area (Å²) in [4.78, 5) is 3.90. The van der Waals surface area contributed by atoms with Gasteiger partial charge in [-0.3, -0.25) is 4.68 Å². The van der Waals surface area contributed by atoms with Crippen LogP contribution >= 0.6 is 0 Å². The minimum absolute atomic E-state index is 0.439. The average Bonchev–Trinajstić information content (AvgIpc) is 2.71. The molecule has 0 saturated heterocycles. The van der Waals surface area contributed by atoms with Gasteiger partial charge in [-0.05, 0) is 23.8 Å². The Morgan fingerprint density at radius 1 is 1.43 bits per heavy atom. The molecule has 68 valence electrons. The molecule has 2 rings (SSSR count). The summed E-state index contributed by atoms with van der Waals surface area (Å²) < 4.78 is 1.80. The van der Waals surface area contributed by atoms with Crippen LogP contribution in [0.2, 0.25) is 0 Å². The van der Waals surface area contributed by atoms with Crippen LogP contribution in [0.1, 0.15) is 11.3 Å². The predicted molar refractivity (Wildman–Crippen MR) is 50.3 cm³/mol. The van der Waals surface area contributed by atoms with E-state index in [0.29, 0.717) is 12.2 Å². The van der Waals surface area contributed by atoms with Crippen LogP contribution in [0, 0.1) is 11.3 Å². The molecule has 0 N–H and O–H groups in total. The number of rotatable bonds is 2. The van der Waals surface area contributed by atoms with E-state index >= 15 is 0 Å². The summed E-state index contributed by atoms with van der Waals surface area (Å²) in [6.07, 6.45) is 5.25. The molecule has 14 heavy (non-hydrogen) atoms. The van der Waals surface area contributed by atoms with Crippen LogP contribution in [0.15, 0.2) is 36.8 Å². The molecular formula is C10H8N4. The van der Waals surface area contributed by atoms with Gasteiger partial charge in [0.2, 0.25) is 0 Å². The third-order valence-corrected chi connectivity index (χ3v) is 1.84. The molecule has 0 bridgehead atoms. The molecule has 4 heteroatoms. The molecule has 0 spiro atoms. The molecule has 2 heterocycles. The van der Waals surface area contributed by atoms with E-state index in [1.165, 1.54) is 0 Å². The van der Waals surface area contributed by atoms with E-state index in [-0.39, 0.29) is 0 Å². The van der Waals surface area contributed by atoms with Crippen molar-refractivity contribution in [2.75, 3.05) is 0 Å². The van der Waals surface area contributed by atoms with E-state index in [9.17, 15) is 0 Å². The van der Waals surface area contributed by atoms with Crippen molar-refractivity contribution in [1.29, 1.82) is 5.26 Å². The highest BCUT2D eigenvalue weighted by Gasteiger charge is 1.97. The Morgan fingerprint density at radius 3 is 3.07 bits per heavy atom. The number of nitrogens with zero attached hydrogens (tertiary/aromatic N) is 4. The Balaban J connectivity index is 2.22. The van der Waals surface area contributed by atoms with Crippen molar-refractivity contribution in [3.05, 3.63) is 48.0 Å². The Labute approximate surface area is 81.4 Å². The first-order chi connectivity index (χ1) is 6.88. The zero-order valence-electron chi connectivity index (χ0n) is 7.46. The monoisotopic (exact) mass is 184 g/mol. The van der Waals surface area contributed by atoms with E-state index < -0.39 is 0 Å². The van der Waals surface area contributed by atoms with Crippen LogP contribution in [0.4, 0.5) is 0 Å². The van der Waals surface area contributed by atoms with Gasteiger partial charge in [0.05, 0.1) is 6.54 Å². The Kier molecular flexibility index (Phi) is 2.24. The quantitative estimate of drug-likeness (QED) is 0.704. The molecule has 0 aromatic carbocycles. The van der Waals surface area contributed by atoms with Crippen molar-refractivity contribution >= 4 is 0 Å². The van der Waals surface area contributed by atoms with Crippen molar-refractivity contribution in [2.24, 2.45) is 0 Å². The van der Waals surface area contributed by atoms with E-state index in [1.54, 1.807) is 23.1 Å². The molecule has 0 fully saturated rings. The molecular weight excluding hydrogens is 176 g/mol. The lowest BCUT2D eigenvalue weighted by Crippen LogP contribution is -2.00. The second-order valence-corrected chi connectivity index (χ2v) is 2.86. The van der Waals surface area contributed by atoms with Crippen molar-refractivity contribution in [2.45, 2.75) is 6.54 Å². The highest BCUT2D eigenvalue weighted by molar-refractivity contribution is 5.25. The standard InChI is InChI=1S/C10H8N4/c11-7-10-6-9(2-4-12-10)8-14-5-1-3-13-14/h1-6H,8H2. The van der Waals surface area contributed by atoms with Gasteiger partial charge in [-0.15, -0.1) is 0 Å². The Hall–Kier alpha value is -2.15. The summed E-state index contributed by atoms with van der Waals surface area (Å²) in [5, 5.41) is 12.7. The molecule has 0 aliphatic carbocycles. The van der Waals surface area contributed by atoms with Crippen molar-refractivity contribution in [3.63, 3.8) is 0 Å². The Morgan fingerprint density at radius 2 is 2.36 bits per heavy atom. The van der Waals surface area contributed by atoms with Gasteiger partial charge >= 0.3 is 0 Å². The van der Waals surface area contributed by atoms with Gasteiger partial charge in [-0.1, -0.05) is 0 Å². The SMILES string of the molecule is N#Cc1cc(Cn2cccn2)ccn1. The van der Waals surface area contributed by atoms with Crippen LogP contribution in [0.25, 0.3) is 0 Å². The topological polar surface area (TPSA) is 54.5 Å². The van der Waals surface area contributed by atoms with Gasteiger partial charge in [-0.2, -0.15) is 10.4 Å². The number of hydrogen-bond donors (Lipinski definition) is 0. The molecule has 4 nitrogen and oxygen atoms in total. The average molecular weight is 184 g/mol. The molecule has 0 amide bonds. The lowest BCUT2D eigenvalue weighted by Gasteiger charge is -2.00. The zero-order valence-corrected chi connectivity index (χ0v) is 7.46. The number of pyridine rings is 1. The summed E-state index contributed by atoms with van der Waals surface area (Å²) in [5.74, 6) is 0. The van der Waals surface area contributed by atoms with Gasteiger partial charge in [0, 0.05) is 18.6 Å². The first-order valence-electron chi connectivity index (χ1n) is 4.21. The fraction of sp³-hybridized carbons (Fsp3) is 0.100. The largest absolute Gasteiger partial charge is 0.268 e. The van der Waals surface area contributed by atoms with E-state index in [2.05, 4.69) is 10.1 Å². The summed E-state index contributed by atoms with van der Waals surface area (Å²) in [6, 6.07) is 7.52. The van der Waals surface area contributed by atoms with Gasteiger partial charge in [0.1, 0.15) is 11.8 Å². The van der Waals surface area contributed by atoms with Gasteiger partial charge < -0.3 is 0 Å². The van der Waals surface area contributed by atoms with E-state index in [0.717, 1.165) is 5.56 Å². The molecule has 0 aliphatic rings. The second kappa shape index (κ2) is 3.71. The van der Waals surface area contributed by atoms with Crippen LogP contribution in [-0.4, -0.2) is 14.8 Å². The molecule has 0 atom stereocenters. The summed E-state index contributed by atoms with van der Waals surface area (Å²) in [5.41, 5.74) is 1.47. The van der Waals surface area contributed by atoms with E-state index in [4.69, 9.17) is 5.26 Å². The molecule has 0 radical (unpaired) electrons. The van der Waals surface area contributed by atoms with Gasteiger partial charge in [-0.25, -0.2) is 4.98 Å². The molecule has 0 saturated carbocycles. The normalized spacial score (nSPS) is 9.64. The van der Waals surface area contributed by atoms with Crippen molar-refractivity contribution in [1.82, 2.24) is 14.8 Å². The third kappa shape index (κ3) is 1.77. The van der Waals surface area contributed by atoms with Crippen LogP contribution in [-0.2, 0) is 6.54 Å². The van der Waals surface area contributed by atoms with Crippen LogP contribution in [0.3, 0.4) is 0 Å². The molecule has 0 aliphatic heterocycles. The fourth-order valence-corrected chi connectivity index (χ4v) is 1.21. The summed E-state index contributed by atoms with van der Waals surface area (Å²) in [6.45, 7) is 0.671. The second-order valence-electron chi connectivity index (χ2n) is 2.86. The molecule has 2 aromatic heterocycles. The number of nitriles is 1. The molecule has 0 unspecified atom stereocenters. The van der Waals surface area contributed by atoms with Gasteiger partial charge in [0.25, 0.3) is 0 Å². The van der Waals surface area contributed by atoms with Crippen LogP contribution < -0.4 is 0 Å². The maximum Gasteiger partial charge on any atom is 0.140 e. The maximum atomic E-state index is 8.65. The Bertz CT molecular complexity index is 453. The molecule has 2 aromatic rings. The minimum atomic E-state index is 0.439. The maximum absolute atomic E-state index is 8.65. The summed E-state index contributed by atoms with van der Waals surface area (Å²) in [7, 11) is 0. The van der Waals surface area contributed by atoms with Crippen molar-refractivity contribution < 1.29 is 0 Å². The van der Waals surface area contributed by atoms with Crippen molar-refractivity contribution in [3.8, 4) is 6.07 Å². The fourth-order valence-electron chi connectivity index (χ4n) is 1.21. The summed E-state index contributed by atoms with van der Waals surface area (Å²) >= 11 is 0. The van der Waals surface area contributed by atoms with E-state index in [1.807, 2.05) is 24.4 Å². The highest BCUT2D eigenvalue weighted by Crippen LogP contribution is 2.02. The lowest BCUT2D eigenvalue weighted by molar-refractivity contribution is 0.686. The third-order valence-electron chi connectivity index (χ3n) is 1.84. The zero-order chi connectivity index (χ0) is 9.80. The minimum Gasteiger partial charge on any atom is -0.268 e. The van der Waals surface area contributed by atoms with Crippen LogP contribution in [0.5, 0.6) is 0 Å². The number of hydrogen-bond acceptors (Lipinski definition) is 3. The smallest absolute Gasteiger partial charge is 0.140 e. The highest BCUT2D eigenvalue weighted by atomic mass is 15.3. The first kappa shape index (κ1) is 8.45. The van der Waals surface area contributed by atoms with Gasteiger partial charge in [0.15, 0.2) is 0 Å². The predicted octanol–water partition coefficient (Wildman–Crippen LogP) is 1.20.